The summed E-state index contributed by atoms with van der Waals surface area (Å²) >= 11 is 0. The summed E-state index contributed by atoms with van der Waals surface area (Å²) in [6.45, 7) is 0. The topological polar surface area (TPSA) is 68.0 Å². The van der Waals surface area contributed by atoms with Crippen molar-refractivity contribution >= 4 is 5.97 Å². The molecule has 1 heterocycles. The van der Waals surface area contributed by atoms with Crippen molar-refractivity contribution in [3.63, 3.8) is 0 Å². The molecule has 0 unspecified atom stereocenters. The molecule has 0 radical (unpaired) electrons. The monoisotopic (exact) mass is 257 g/mol. The fourth-order valence-electron chi connectivity index (χ4n) is 2.47. The van der Waals surface area contributed by atoms with E-state index in [-0.39, 0.29) is 6.42 Å². The molecule has 0 atom stereocenters. The molecule has 0 fully saturated rings. The molecule has 1 aromatic carbocycles. The highest BCUT2D eigenvalue weighted by Crippen LogP contribution is 2.24. The molecule has 3 rings (SSSR count). The molecule has 0 amide bonds. The van der Waals surface area contributed by atoms with E-state index in [1.165, 1.54) is 17.5 Å². The number of hydrogen-bond acceptors (Lipinski definition) is 3. The third kappa shape index (κ3) is 2.50. The van der Waals surface area contributed by atoms with Gasteiger partial charge < -0.3 is 5.11 Å². The number of aliphatic carboxylic acids is 1. The van der Waals surface area contributed by atoms with E-state index in [0.29, 0.717) is 12.1 Å². The predicted molar refractivity (Wildman–Crippen MR) is 69.3 cm³/mol. The van der Waals surface area contributed by atoms with Crippen LogP contribution in [-0.2, 0) is 24.1 Å². The fraction of sp³-hybridized carbons (Fsp3) is 0.357. The molecule has 2 aromatic rings. The zero-order valence-electron chi connectivity index (χ0n) is 10.5. The predicted octanol–water partition coefficient (Wildman–Crippen LogP) is 1.77. The van der Waals surface area contributed by atoms with Gasteiger partial charge in [-0.1, -0.05) is 11.3 Å². The van der Waals surface area contributed by atoms with E-state index in [1.54, 1.807) is 10.9 Å². The number of carboxylic acids is 1. The minimum Gasteiger partial charge on any atom is -0.481 e. The molecule has 0 aliphatic heterocycles. The maximum Gasteiger partial charge on any atom is 0.303 e. The Bertz CT molecular complexity index is 619. The Morgan fingerprint density at radius 1 is 1.32 bits per heavy atom. The lowest BCUT2D eigenvalue weighted by Gasteiger charge is -2.03. The van der Waals surface area contributed by atoms with Crippen LogP contribution in [0.4, 0.5) is 0 Å². The van der Waals surface area contributed by atoms with Crippen molar-refractivity contribution in [1.82, 2.24) is 15.0 Å². The van der Waals surface area contributed by atoms with Crippen molar-refractivity contribution in [2.24, 2.45) is 0 Å². The van der Waals surface area contributed by atoms with E-state index < -0.39 is 5.97 Å². The number of carboxylic acid groups (broad SMARTS) is 1. The number of rotatable bonds is 4. The molecule has 1 N–H and O–H groups in total. The van der Waals surface area contributed by atoms with Gasteiger partial charge in [0.1, 0.15) is 0 Å². The molecular formula is C14H15N3O2. The van der Waals surface area contributed by atoms with Crippen LogP contribution in [0.1, 0.15) is 29.7 Å². The van der Waals surface area contributed by atoms with Crippen LogP contribution in [0.3, 0.4) is 0 Å². The maximum atomic E-state index is 10.5. The van der Waals surface area contributed by atoms with Gasteiger partial charge in [-0.05, 0) is 42.5 Å². The van der Waals surface area contributed by atoms with Crippen molar-refractivity contribution in [3.05, 3.63) is 41.2 Å². The number of carbonyl (C=O) groups is 1. The van der Waals surface area contributed by atoms with Gasteiger partial charge in [-0.2, -0.15) is 0 Å². The van der Waals surface area contributed by atoms with E-state index in [4.69, 9.17) is 5.11 Å². The fourth-order valence-corrected chi connectivity index (χ4v) is 2.47. The van der Waals surface area contributed by atoms with E-state index in [0.717, 1.165) is 18.5 Å². The Kier molecular flexibility index (Phi) is 3.03. The molecule has 5 heteroatoms. The quantitative estimate of drug-likeness (QED) is 0.906. The van der Waals surface area contributed by atoms with Crippen molar-refractivity contribution < 1.29 is 9.90 Å². The first-order valence-electron chi connectivity index (χ1n) is 6.47. The Labute approximate surface area is 110 Å². The molecule has 1 aromatic heterocycles. The Morgan fingerprint density at radius 2 is 2.16 bits per heavy atom. The molecule has 0 spiro atoms. The average Bonchev–Trinajstić information content (AvgIpc) is 3.04. The van der Waals surface area contributed by atoms with Gasteiger partial charge >= 0.3 is 5.97 Å². The highest BCUT2D eigenvalue weighted by molar-refractivity contribution is 5.66. The minimum absolute atomic E-state index is 0.0862. The summed E-state index contributed by atoms with van der Waals surface area (Å²) < 4.78 is 1.72. The first-order valence-corrected chi connectivity index (χ1v) is 6.47. The van der Waals surface area contributed by atoms with Crippen LogP contribution in [0.15, 0.2) is 24.4 Å². The molecular weight excluding hydrogens is 242 g/mol. The Hall–Kier alpha value is -2.17. The van der Waals surface area contributed by atoms with Gasteiger partial charge in [0.25, 0.3) is 0 Å². The van der Waals surface area contributed by atoms with E-state index in [9.17, 15) is 4.79 Å². The number of nitrogens with zero attached hydrogens (tertiary/aromatic N) is 3. The maximum absolute atomic E-state index is 10.5. The summed E-state index contributed by atoms with van der Waals surface area (Å²) in [7, 11) is 0. The number of benzene rings is 1. The van der Waals surface area contributed by atoms with Gasteiger partial charge in [0.05, 0.1) is 24.0 Å². The summed E-state index contributed by atoms with van der Waals surface area (Å²) in [6, 6.07) is 6.34. The molecule has 98 valence electrons. The van der Waals surface area contributed by atoms with Crippen LogP contribution >= 0.6 is 0 Å². The second-order valence-corrected chi connectivity index (χ2v) is 4.85. The van der Waals surface area contributed by atoms with Gasteiger partial charge in [-0.3, -0.25) is 4.79 Å². The Balaban J connectivity index is 1.80. The average molecular weight is 257 g/mol. The van der Waals surface area contributed by atoms with Gasteiger partial charge in [0.15, 0.2) is 0 Å². The van der Waals surface area contributed by atoms with Crippen molar-refractivity contribution in [2.45, 2.75) is 32.1 Å². The lowest BCUT2D eigenvalue weighted by atomic mass is 10.1. The molecule has 0 saturated heterocycles. The van der Waals surface area contributed by atoms with E-state index in [1.807, 2.05) is 6.07 Å². The van der Waals surface area contributed by atoms with Crippen LogP contribution in [0.2, 0.25) is 0 Å². The summed E-state index contributed by atoms with van der Waals surface area (Å²) in [5, 5.41) is 16.7. The van der Waals surface area contributed by atoms with E-state index >= 15 is 0 Å². The summed E-state index contributed by atoms with van der Waals surface area (Å²) in [5.41, 5.74) is 4.52. The van der Waals surface area contributed by atoms with Crippen LogP contribution in [0, 0.1) is 0 Å². The Morgan fingerprint density at radius 3 is 3.00 bits per heavy atom. The van der Waals surface area contributed by atoms with Crippen LogP contribution in [0.5, 0.6) is 0 Å². The molecule has 19 heavy (non-hydrogen) atoms. The molecule has 1 aliphatic carbocycles. The summed E-state index contributed by atoms with van der Waals surface area (Å²) in [4.78, 5) is 10.5. The van der Waals surface area contributed by atoms with Crippen LogP contribution in [-0.4, -0.2) is 26.1 Å². The normalized spacial score (nSPS) is 13.5. The molecule has 0 bridgehead atoms. The minimum atomic E-state index is -0.813. The largest absolute Gasteiger partial charge is 0.481 e. The number of hydrogen-bond donors (Lipinski definition) is 1. The van der Waals surface area contributed by atoms with E-state index in [2.05, 4.69) is 22.4 Å². The van der Waals surface area contributed by atoms with Crippen LogP contribution in [0.25, 0.3) is 5.69 Å². The highest BCUT2D eigenvalue weighted by Gasteiger charge is 2.12. The zero-order chi connectivity index (χ0) is 13.2. The smallest absolute Gasteiger partial charge is 0.303 e. The van der Waals surface area contributed by atoms with Crippen molar-refractivity contribution in [3.8, 4) is 5.69 Å². The summed E-state index contributed by atoms with van der Waals surface area (Å²) in [6.07, 6.45) is 5.82. The van der Waals surface area contributed by atoms with Gasteiger partial charge in [-0.15, -0.1) is 5.10 Å². The number of fused-ring (bicyclic) bond motifs is 1. The third-order valence-corrected chi connectivity index (χ3v) is 3.48. The molecule has 0 saturated carbocycles. The van der Waals surface area contributed by atoms with Crippen molar-refractivity contribution in [2.75, 3.05) is 0 Å². The highest BCUT2D eigenvalue weighted by atomic mass is 16.4. The molecule has 5 nitrogen and oxygen atoms in total. The standard InChI is InChI=1S/C14H15N3O2/c18-14(19)7-5-12-9-17(16-15-12)13-6-4-10-2-1-3-11(10)8-13/h4,6,8-9H,1-3,5,7H2,(H,18,19). The lowest BCUT2D eigenvalue weighted by Crippen LogP contribution is -1.97. The van der Waals surface area contributed by atoms with Gasteiger partial charge in [0, 0.05) is 6.42 Å². The van der Waals surface area contributed by atoms with Crippen molar-refractivity contribution in [1.29, 1.82) is 0 Å². The zero-order valence-corrected chi connectivity index (χ0v) is 10.5. The number of aryl methyl sites for hydroxylation is 3. The summed E-state index contributed by atoms with van der Waals surface area (Å²) in [5.74, 6) is -0.813. The second kappa shape index (κ2) is 4.84. The first kappa shape index (κ1) is 11.9. The van der Waals surface area contributed by atoms with Gasteiger partial charge in [0.2, 0.25) is 0 Å². The number of aromatic nitrogens is 3. The second-order valence-electron chi connectivity index (χ2n) is 4.85. The first-order chi connectivity index (χ1) is 9.22. The SMILES string of the molecule is O=C(O)CCc1cn(-c2ccc3c(c2)CCC3)nn1. The van der Waals surface area contributed by atoms with Gasteiger partial charge in [-0.25, -0.2) is 4.68 Å². The lowest BCUT2D eigenvalue weighted by molar-refractivity contribution is -0.136. The molecule has 1 aliphatic rings. The van der Waals surface area contributed by atoms with Crippen LogP contribution < -0.4 is 0 Å². The third-order valence-electron chi connectivity index (χ3n) is 3.48.